The Bertz CT molecular complexity index is 940. The molecule has 0 atom stereocenters. The highest BCUT2D eigenvalue weighted by molar-refractivity contribution is 6.09. The largest absolute Gasteiger partial charge is 0.390 e. The number of carbonyl (C=O) groups is 1. The summed E-state index contributed by atoms with van der Waals surface area (Å²) in [4.78, 5) is 18.5. The number of pyridine rings is 1. The Kier molecular flexibility index (Phi) is 6.10. The standard InChI is InChI=1S/C25H32N4O2/c1-25(2,31)18-11-13-29(14-12-18)21-15-20(16-30)28-24(27-19-9-4-3-5-10-19)22(21)23(26)17-7-6-8-17/h3-5,9-10,15-18,26,31H,6-8,11-14H2,1-2H3,(H,27,28). The van der Waals surface area contributed by atoms with Gasteiger partial charge in [0, 0.05) is 30.4 Å². The molecule has 0 amide bonds. The Labute approximate surface area is 184 Å². The van der Waals surface area contributed by atoms with E-state index in [0.29, 0.717) is 17.2 Å². The van der Waals surface area contributed by atoms with Gasteiger partial charge in [-0.05, 0) is 63.6 Å². The summed E-state index contributed by atoms with van der Waals surface area (Å²) < 4.78 is 0. The maximum Gasteiger partial charge on any atom is 0.168 e. The van der Waals surface area contributed by atoms with Crippen LogP contribution in [0.15, 0.2) is 36.4 Å². The summed E-state index contributed by atoms with van der Waals surface area (Å²) in [6, 6.07) is 11.6. The van der Waals surface area contributed by atoms with Crippen LogP contribution < -0.4 is 10.2 Å². The number of nitrogens with zero attached hydrogens (tertiary/aromatic N) is 2. The molecule has 0 unspecified atom stereocenters. The van der Waals surface area contributed by atoms with Gasteiger partial charge in [0.15, 0.2) is 6.29 Å². The summed E-state index contributed by atoms with van der Waals surface area (Å²) in [5, 5.41) is 22.8. The molecule has 1 aliphatic carbocycles. The summed E-state index contributed by atoms with van der Waals surface area (Å²) in [5.74, 6) is 1.06. The molecule has 2 aromatic rings. The van der Waals surface area contributed by atoms with Crippen LogP contribution in [0.5, 0.6) is 0 Å². The van der Waals surface area contributed by atoms with Gasteiger partial charge in [0.1, 0.15) is 11.5 Å². The summed E-state index contributed by atoms with van der Waals surface area (Å²) in [5.41, 5.74) is 2.87. The molecule has 31 heavy (non-hydrogen) atoms. The van der Waals surface area contributed by atoms with Crippen molar-refractivity contribution in [3.8, 4) is 0 Å². The van der Waals surface area contributed by atoms with Gasteiger partial charge in [0.2, 0.25) is 0 Å². The van der Waals surface area contributed by atoms with Crippen molar-refractivity contribution in [1.82, 2.24) is 4.98 Å². The fourth-order valence-corrected chi connectivity index (χ4v) is 4.60. The second-order valence-electron chi connectivity index (χ2n) is 9.36. The van der Waals surface area contributed by atoms with Crippen molar-refractivity contribution in [3.63, 3.8) is 0 Å². The number of para-hydroxylation sites is 1. The maximum atomic E-state index is 11.7. The average molecular weight is 421 g/mol. The normalized spacial score (nSPS) is 17.8. The predicted octanol–water partition coefficient (Wildman–Crippen LogP) is 4.79. The van der Waals surface area contributed by atoms with Gasteiger partial charge in [-0.25, -0.2) is 4.98 Å². The van der Waals surface area contributed by atoms with E-state index in [2.05, 4.69) is 15.2 Å². The lowest BCUT2D eigenvalue weighted by molar-refractivity contribution is 0.00651. The zero-order chi connectivity index (χ0) is 22.0. The molecule has 6 heteroatoms. The van der Waals surface area contributed by atoms with Gasteiger partial charge in [-0.1, -0.05) is 24.6 Å². The second kappa shape index (κ2) is 8.79. The van der Waals surface area contributed by atoms with Crippen LogP contribution in [0.1, 0.15) is 62.0 Å². The van der Waals surface area contributed by atoms with E-state index in [-0.39, 0.29) is 11.8 Å². The van der Waals surface area contributed by atoms with Crippen molar-refractivity contribution in [3.05, 3.63) is 47.7 Å². The minimum Gasteiger partial charge on any atom is -0.390 e. The van der Waals surface area contributed by atoms with Gasteiger partial charge in [-0.3, -0.25) is 4.79 Å². The molecule has 1 aliphatic heterocycles. The van der Waals surface area contributed by atoms with Gasteiger partial charge in [-0.2, -0.15) is 0 Å². The van der Waals surface area contributed by atoms with Gasteiger partial charge in [0.25, 0.3) is 0 Å². The molecule has 2 aliphatic rings. The number of hydrogen-bond donors (Lipinski definition) is 3. The Morgan fingerprint density at radius 2 is 1.87 bits per heavy atom. The van der Waals surface area contributed by atoms with Crippen molar-refractivity contribution in [2.24, 2.45) is 11.8 Å². The first-order chi connectivity index (χ1) is 14.9. The Morgan fingerprint density at radius 1 is 1.19 bits per heavy atom. The maximum absolute atomic E-state index is 11.7. The molecule has 0 spiro atoms. The van der Waals surface area contributed by atoms with Crippen molar-refractivity contribution in [2.75, 3.05) is 23.3 Å². The third-order valence-corrected chi connectivity index (χ3v) is 6.79. The van der Waals surface area contributed by atoms with E-state index in [1.54, 1.807) is 0 Å². The molecule has 1 saturated carbocycles. The van der Waals surface area contributed by atoms with Crippen LogP contribution in [0.4, 0.5) is 17.2 Å². The molecule has 3 N–H and O–H groups in total. The first kappa shape index (κ1) is 21.5. The molecular formula is C25H32N4O2. The van der Waals surface area contributed by atoms with Crippen LogP contribution in [0.2, 0.25) is 0 Å². The summed E-state index contributed by atoms with van der Waals surface area (Å²) in [7, 11) is 0. The van der Waals surface area contributed by atoms with Crippen LogP contribution in [0, 0.1) is 17.2 Å². The van der Waals surface area contributed by atoms with E-state index in [0.717, 1.165) is 68.4 Å². The lowest BCUT2D eigenvalue weighted by atomic mass is 9.78. The summed E-state index contributed by atoms with van der Waals surface area (Å²) >= 11 is 0. The number of hydrogen-bond acceptors (Lipinski definition) is 6. The number of anilines is 3. The van der Waals surface area contributed by atoms with E-state index in [4.69, 9.17) is 5.41 Å². The summed E-state index contributed by atoms with van der Waals surface area (Å²) in [6.45, 7) is 5.33. The number of aliphatic hydroxyl groups is 1. The molecule has 4 rings (SSSR count). The Balaban J connectivity index is 1.73. The highest BCUT2D eigenvalue weighted by atomic mass is 16.3. The second-order valence-corrected chi connectivity index (χ2v) is 9.36. The van der Waals surface area contributed by atoms with E-state index in [1.807, 2.05) is 50.2 Å². The first-order valence-electron chi connectivity index (χ1n) is 11.2. The molecule has 164 valence electrons. The van der Waals surface area contributed by atoms with Crippen LogP contribution in [0.25, 0.3) is 0 Å². The number of nitrogens with one attached hydrogen (secondary N) is 2. The number of rotatable bonds is 7. The predicted molar refractivity (Wildman–Crippen MR) is 125 cm³/mol. The highest BCUT2D eigenvalue weighted by Crippen LogP contribution is 2.39. The highest BCUT2D eigenvalue weighted by Gasteiger charge is 2.34. The fraction of sp³-hybridized carbons (Fsp3) is 0.480. The van der Waals surface area contributed by atoms with E-state index in [9.17, 15) is 9.90 Å². The van der Waals surface area contributed by atoms with Crippen LogP contribution in [0.3, 0.4) is 0 Å². The SMILES string of the molecule is CC(C)(O)C1CCN(c2cc(C=O)nc(Nc3ccccc3)c2C(=N)C2CCC2)CC1. The Morgan fingerprint density at radius 3 is 2.42 bits per heavy atom. The minimum absolute atomic E-state index is 0.243. The zero-order valence-electron chi connectivity index (χ0n) is 18.4. The van der Waals surface area contributed by atoms with Gasteiger partial charge in [-0.15, -0.1) is 0 Å². The third-order valence-electron chi connectivity index (χ3n) is 6.79. The molecule has 1 saturated heterocycles. The van der Waals surface area contributed by atoms with E-state index >= 15 is 0 Å². The van der Waals surface area contributed by atoms with Crippen LogP contribution >= 0.6 is 0 Å². The number of piperidine rings is 1. The topological polar surface area (TPSA) is 89.3 Å². The molecule has 2 heterocycles. The number of carbonyl (C=O) groups excluding carboxylic acids is 1. The van der Waals surface area contributed by atoms with Crippen molar-refractivity contribution in [1.29, 1.82) is 5.41 Å². The van der Waals surface area contributed by atoms with Crippen molar-refractivity contribution in [2.45, 2.75) is 51.6 Å². The van der Waals surface area contributed by atoms with Gasteiger partial charge in [0.05, 0.1) is 16.9 Å². The molecule has 2 fully saturated rings. The first-order valence-corrected chi connectivity index (χ1v) is 11.2. The third kappa shape index (κ3) is 4.64. The van der Waals surface area contributed by atoms with Gasteiger partial charge >= 0.3 is 0 Å². The molecule has 0 radical (unpaired) electrons. The smallest absolute Gasteiger partial charge is 0.168 e. The molecule has 1 aromatic carbocycles. The van der Waals surface area contributed by atoms with E-state index in [1.165, 1.54) is 0 Å². The lowest BCUT2D eigenvalue weighted by Gasteiger charge is -2.40. The van der Waals surface area contributed by atoms with E-state index < -0.39 is 5.60 Å². The molecular weight excluding hydrogens is 388 g/mol. The van der Waals surface area contributed by atoms with Crippen LogP contribution in [-0.2, 0) is 0 Å². The molecule has 1 aromatic heterocycles. The van der Waals surface area contributed by atoms with Crippen LogP contribution in [-0.4, -0.2) is 40.8 Å². The molecule has 0 bridgehead atoms. The van der Waals surface area contributed by atoms with Crippen molar-refractivity contribution < 1.29 is 9.90 Å². The number of benzene rings is 1. The number of aromatic nitrogens is 1. The molecule has 6 nitrogen and oxygen atoms in total. The number of aldehydes is 1. The van der Waals surface area contributed by atoms with Gasteiger partial charge < -0.3 is 20.7 Å². The monoisotopic (exact) mass is 420 g/mol. The lowest BCUT2D eigenvalue weighted by Crippen LogP contribution is -2.42. The quantitative estimate of drug-likeness (QED) is 0.442. The fourth-order valence-electron chi connectivity index (χ4n) is 4.60. The minimum atomic E-state index is -0.695. The van der Waals surface area contributed by atoms with Crippen molar-refractivity contribution >= 4 is 29.2 Å². The summed E-state index contributed by atoms with van der Waals surface area (Å²) in [6.07, 6.45) is 5.74. The zero-order valence-corrected chi connectivity index (χ0v) is 18.4. The Hall–Kier alpha value is -2.73. The average Bonchev–Trinajstić information content (AvgIpc) is 2.72.